The van der Waals surface area contributed by atoms with E-state index in [-0.39, 0.29) is 5.91 Å². The fraction of sp³-hybridized carbons (Fsp3) is 0.786. The number of carbonyl (C=O) groups excluding carboxylic acids is 1. The third kappa shape index (κ3) is 2.54. The number of allylic oxidation sites excluding steroid dienone is 2. The summed E-state index contributed by atoms with van der Waals surface area (Å²) in [7, 11) is 0. The van der Waals surface area contributed by atoms with Crippen molar-refractivity contribution in [3.63, 3.8) is 0 Å². The van der Waals surface area contributed by atoms with Gasteiger partial charge in [-0.2, -0.15) is 0 Å². The maximum Gasteiger partial charge on any atom is 0.234 e. The first-order valence-electron chi connectivity index (χ1n) is 6.93. The third-order valence-corrected chi connectivity index (χ3v) is 4.50. The van der Waals surface area contributed by atoms with Crippen LogP contribution in [0.5, 0.6) is 0 Å². The highest BCUT2D eigenvalue weighted by Crippen LogP contribution is 2.44. The molecule has 4 unspecified atom stereocenters. The summed E-state index contributed by atoms with van der Waals surface area (Å²) < 4.78 is 0. The number of amides is 1. The highest BCUT2D eigenvalue weighted by Gasteiger charge is 2.38. The standard InChI is InChI=1S/C14H22N2O/c1-9(13-7-10-2-3-11(13)6-10)15-8-14(17)16-12-4-5-12/h2-3,9-13,15H,4-8H2,1H3,(H,16,17). The van der Waals surface area contributed by atoms with Gasteiger partial charge >= 0.3 is 0 Å². The molecule has 0 saturated heterocycles. The van der Waals surface area contributed by atoms with Gasteiger partial charge < -0.3 is 10.6 Å². The molecular formula is C14H22N2O. The first-order valence-corrected chi connectivity index (χ1v) is 6.93. The van der Waals surface area contributed by atoms with Crippen molar-refractivity contribution in [1.82, 2.24) is 10.6 Å². The molecular weight excluding hydrogens is 212 g/mol. The Bertz CT molecular complexity index is 335. The predicted octanol–water partition coefficient (Wildman–Crippen LogP) is 1.46. The Morgan fingerprint density at radius 1 is 1.35 bits per heavy atom. The minimum Gasteiger partial charge on any atom is -0.352 e. The van der Waals surface area contributed by atoms with Crippen LogP contribution in [-0.2, 0) is 4.79 Å². The van der Waals surface area contributed by atoms with E-state index < -0.39 is 0 Å². The molecule has 17 heavy (non-hydrogen) atoms. The largest absolute Gasteiger partial charge is 0.352 e. The Labute approximate surface area is 103 Å². The number of hydrogen-bond acceptors (Lipinski definition) is 2. The summed E-state index contributed by atoms with van der Waals surface area (Å²) in [5.41, 5.74) is 0. The fourth-order valence-electron chi connectivity index (χ4n) is 3.31. The van der Waals surface area contributed by atoms with E-state index in [1.165, 1.54) is 25.7 Å². The van der Waals surface area contributed by atoms with Gasteiger partial charge in [-0.3, -0.25) is 4.79 Å². The van der Waals surface area contributed by atoms with E-state index in [4.69, 9.17) is 0 Å². The van der Waals surface area contributed by atoms with Crippen LogP contribution in [0.3, 0.4) is 0 Å². The lowest BCUT2D eigenvalue weighted by atomic mass is 9.87. The van der Waals surface area contributed by atoms with Crippen LogP contribution >= 0.6 is 0 Å². The van der Waals surface area contributed by atoms with Gasteiger partial charge in [-0.1, -0.05) is 12.2 Å². The van der Waals surface area contributed by atoms with E-state index in [9.17, 15) is 4.79 Å². The van der Waals surface area contributed by atoms with Gasteiger partial charge in [0.15, 0.2) is 0 Å². The van der Waals surface area contributed by atoms with Crippen LogP contribution < -0.4 is 10.6 Å². The topological polar surface area (TPSA) is 41.1 Å². The minimum atomic E-state index is 0.165. The second kappa shape index (κ2) is 4.45. The van der Waals surface area contributed by atoms with Crippen molar-refractivity contribution in [3.05, 3.63) is 12.2 Å². The Balaban J connectivity index is 1.42. The first kappa shape index (κ1) is 11.3. The van der Waals surface area contributed by atoms with Crippen LogP contribution in [0.15, 0.2) is 12.2 Å². The molecule has 0 spiro atoms. The van der Waals surface area contributed by atoms with Gasteiger partial charge in [0.1, 0.15) is 0 Å². The van der Waals surface area contributed by atoms with Crippen molar-refractivity contribution in [2.75, 3.05) is 6.54 Å². The molecule has 3 nitrogen and oxygen atoms in total. The number of hydrogen-bond donors (Lipinski definition) is 2. The van der Waals surface area contributed by atoms with E-state index in [1.54, 1.807) is 0 Å². The summed E-state index contributed by atoms with van der Waals surface area (Å²) >= 11 is 0. The van der Waals surface area contributed by atoms with Gasteiger partial charge in [0.2, 0.25) is 5.91 Å². The number of fused-ring (bicyclic) bond motifs is 2. The summed E-state index contributed by atoms with van der Waals surface area (Å²) in [5.74, 6) is 2.47. The molecule has 2 bridgehead atoms. The molecule has 3 rings (SSSR count). The van der Waals surface area contributed by atoms with Crippen LogP contribution in [0.25, 0.3) is 0 Å². The zero-order valence-electron chi connectivity index (χ0n) is 10.5. The molecule has 0 aromatic heterocycles. The lowest BCUT2D eigenvalue weighted by molar-refractivity contribution is -0.120. The molecule has 0 aliphatic heterocycles. The second-order valence-electron chi connectivity index (χ2n) is 5.96. The van der Waals surface area contributed by atoms with Gasteiger partial charge in [-0.25, -0.2) is 0 Å². The van der Waals surface area contributed by atoms with Crippen LogP contribution in [0.4, 0.5) is 0 Å². The van der Waals surface area contributed by atoms with Crippen LogP contribution in [0, 0.1) is 17.8 Å². The molecule has 0 heterocycles. The summed E-state index contributed by atoms with van der Waals surface area (Å²) in [6.07, 6.45) is 9.72. The van der Waals surface area contributed by atoms with Crippen molar-refractivity contribution >= 4 is 5.91 Å². The Morgan fingerprint density at radius 2 is 2.18 bits per heavy atom. The Hall–Kier alpha value is -0.830. The first-order chi connectivity index (χ1) is 8.22. The molecule has 0 radical (unpaired) electrons. The van der Waals surface area contributed by atoms with E-state index in [2.05, 4.69) is 29.7 Å². The predicted molar refractivity (Wildman–Crippen MR) is 67.5 cm³/mol. The van der Waals surface area contributed by atoms with Gasteiger partial charge in [0.25, 0.3) is 0 Å². The summed E-state index contributed by atoms with van der Waals surface area (Å²) in [6.45, 7) is 2.71. The normalized spacial score (nSPS) is 36.2. The van der Waals surface area contributed by atoms with Gasteiger partial charge in [-0.15, -0.1) is 0 Å². The lowest BCUT2D eigenvalue weighted by Crippen LogP contribution is -2.42. The maximum absolute atomic E-state index is 11.6. The van der Waals surface area contributed by atoms with Crippen molar-refractivity contribution in [2.24, 2.45) is 17.8 Å². The molecule has 94 valence electrons. The van der Waals surface area contributed by atoms with Gasteiger partial charge in [0, 0.05) is 12.1 Å². The highest BCUT2D eigenvalue weighted by molar-refractivity contribution is 5.78. The quantitative estimate of drug-likeness (QED) is 0.707. The zero-order chi connectivity index (χ0) is 11.8. The van der Waals surface area contributed by atoms with Crippen LogP contribution in [0.2, 0.25) is 0 Å². The molecule has 1 amide bonds. The number of nitrogens with one attached hydrogen (secondary N) is 2. The minimum absolute atomic E-state index is 0.165. The molecule has 2 saturated carbocycles. The maximum atomic E-state index is 11.6. The summed E-state index contributed by atoms with van der Waals surface area (Å²) in [4.78, 5) is 11.6. The van der Waals surface area contributed by atoms with Crippen LogP contribution in [0.1, 0.15) is 32.6 Å². The second-order valence-corrected chi connectivity index (χ2v) is 5.96. The van der Waals surface area contributed by atoms with Crippen molar-refractivity contribution in [3.8, 4) is 0 Å². The monoisotopic (exact) mass is 234 g/mol. The lowest BCUT2D eigenvalue weighted by Gasteiger charge is -2.26. The van der Waals surface area contributed by atoms with E-state index in [0.717, 1.165) is 17.8 Å². The number of carbonyl (C=O) groups is 1. The zero-order valence-corrected chi connectivity index (χ0v) is 10.5. The summed E-state index contributed by atoms with van der Waals surface area (Å²) in [5, 5.41) is 6.41. The molecule has 2 fully saturated rings. The molecule has 3 aliphatic rings. The van der Waals surface area contributed by atoms with Crippen LogP contribution in [-0.4, -0.2) is 24.5 Å². The molecule has 4 atom stereocenters. The average Bonchev–Trinajstić information content (AvgIpc) is 2.89. The fourth-order valence-corrected chi connectivity index (χ4v) is 3.31. The molecule has 3 aliphatic carbocycles. The van der Waals surface area contributed by atoms with E-state index >= 15 is 0 Å². The van der Waals surface area contributed by atoms with E-state index in [1.807, 2.05) is 0 Å². The number of rotatable bonds is 5. The smallest absolute Gasteiger partial charge is 0.234 e. The average molecular weight is 234 g/mol. The molecule has 2 N–H and O–H groups in total. The summed E-state index contributed by atoms with van der Waals surface area (Å²) in [6, 6.07) is 0.935. The third-order valence-electron chi connectivity index (χ3n) is 4.50. The molecule has 0 aromatic carbocycles. The van der Waals surface area contributed by atoms with Crippen molar-refractivity contribution < 1.29 is 4.79 Å². The highest BCUT2D eigenvalue weighted by atomic mass is 16.2. The Kier molecular flexibility index (Phi) is 2.95. The van der Waals surface area contributed by atoms with Gasteiger partial charge in [0.05, 0.1) is 6.54 Å². The van der Waals surface area contributed by atoms with E-state index in [0.29, 0.717) is 18.6 Å². The SMILES string of the molecule is CC(NCC(=O)NC1CC1)C1CC2C=CC1C2. The van der Waals surface area contributed by atoms with Crippen molar-refractivity contribution in [2.45, 2.75) is 44.7 Å². The molecule has 3 heteroatoms. The molecule has 0 aromatic rings. The van der Waals surface area contributed by atoms with Crippen molar-refractivity contribution in [1.29, 1.82) is 0 Å². The Morgan fingerprint density at radius 3 is 2.76 bits per heavy atom. The van der Waals surface area contributed by atoms with Gasteiger partial charge in [-0.05, 0) is 50.4 Å².